The Labute approximate surface area is 270 Å². The van der Waals surface area contributed by atoms with Crippen molar-refractivity contribution in [1.29, 1.82) is 0 Å². The van der Waals surface area contributed by atoms with Crippen LogP contribution < -0.4 is 10.6 Å². The molecule has 1 aliphatic carbocycles. The van der Waals surface area contributed by atoms with Crippen molar-refractivity contribution in [2.45, 2.75) is 36.8 Å². The molecule has 0 saturated carbocycles. The third kappa shape index (κ3) is 6.44. The van der Waals surface area contributed by atoms with Crippen LogP contribution in [0.25, 0.3) is 11.1 Å². The van der Waals surface area contributed by atoms with Crippen LogP contribution in [-0.4, -0.2) is 36.4 Å². The van der Waals surface area contributed by atoms with Crippen LogP contribution in [0.1, 0.15) is 53.0 Å². The first-order valence-corrected chi connectivity index (χ1v) is 15.8. The highest BCUT2D eigenvalue weighted by molar-refractivity contribution is 5.81. The van der Waals surface area contributed by atoms with E-state index in [0.717, 1.165) is 38.9 Å². The molecule has 1 amide bonds. The average molecular weight is 611 g/mol. The summed E-state index contributed by atoms with van der Waals surface area (Å²) in [5, 5.41) is 16.3. The lowest BCUT2D eigenvalue weighted by Crippen LogP contribution is -2.45. The van der Waals surface area contributed by atoms with Gasteiger partial charge in [-0.3, -0.25) is 5.32 Å². The normalized spacial score (nSPS) is 13.0. The van der Waals surface area contributed by atoms with Crippen molar-refractivity contribution in [3.05, 3.63) is 167 Å². The summed E-state index contributed by atoms with van der Waals surface area (Å²) in [6.45, 7) is 0.770. The van der Waals surface area contributed by atoms with E-state index < -0.39 is 23.6 Å². The number of ether oxygens (including phenoxy) is 1. The van der Waals surface area contributed by atoms with Gasteiger partial charge in [-0.1, -0.05) is 140 Å². The number of nitrogens with one attached hydrogen (secondary N) is 2. The van der Waals surface area contributed by atoms with E-state index >= 15 is 0 Å². The lowest BCUT2D eigenvalue weighted by molar-refractivity contribution is -0.139. The van der Waals surface area contributed by atoms with Gasteiger partial charge in [0.25, 0.3) is 0 Å². The van der Waals surface area contributed by atoms with Gasteiger partial charge in [0.1, 0.15) is 12.6 Å². The number of hydrogen-bond donors (Lipinski definition) is 3. The minimum atomic E-state index is -1.08. The molecule has 5 aromatic rings. The summed E-state index contributed by atoms with van der Waals surface area (Å²) >= 11 is 0. The molecule has 6 heteroatoms. The topological polar surface area (TPSA) is 87.7 Å². The first kappa shape index (κ1) is 30.8. The van der Waals surface area contributed by atoms with Gasteiger partial charge in [0.15, 0.2) is 0 Å². The number of benzene rings is 5. The van der Waals surface area contributed by atoms with Gasteiger partial charge in [0, 0.05) is 5.92 Å². The Hall–Kier alpha value is -5.20. The van der Waals surface area contributed by atoms with E-state index in [1.807, 2.05) is 78.9 Å². The predicted octanol–water partition coefficient (Wildman–Crippen LogP) is 7.73. The highest BCUT2D eigenvalue weighted by Crippen LogP contribution is 2.44. The van der Waals surface area contributed by atoms with E-state index in [1.54, 1.807) is 0 Å². The smallest absolute Gasteiger partial charge is 0.407 e. The number of carboxylic acids is 1. The lowest BCUT2D eigenvalue weighted by atomic mass is 9.77. The van der Waals surface area contributed by atoms with Crippen LogP contribution in [0.15, 0.2) is 140 Å². The highest BCUT2D eigenvalue weighted by Gasteiger charge is 2.35. The molecule has 46 heavy (non-hydrogen) atoms. The number of fused-ring (bicyclic) bond motifs is 3. The molecule has 0 bridgehead atoms. The van der Waals surface area contributed by atoms with Gasteiger partial charge in [-0.2, -0.15) is 0 Å². The SMILES string of the molecule is O=C(N[C@@H](CCCCNC(c1ccccc1)(c1ccccc1)c1ccccc1)C(=O)O)OCC1c2ccccc2-c2ccccc21. The predicted molar refractivity (Wildman–Crippen MR) is 181 cm³/mol. The molecule has 1 atom stereocenters. The number of hydrogen-bond acceptors (Lipinski definition) is 4. The van der Waals surface area contributed by atoms with Gasteiger partial charge < -0.3 is 15.2 Å². The zero-order valence-corrected chi connectivity index (χ0v) is 25.6. The number of carbonyl (C=O) groups is 2. The summed E-state index contributed by atoms with van der Waals surface area (Å²) in [6.07, 6.45) is 0.881. The van der Waals surface area contributed by atoms with Crippen molar-refractivity contribution in [1.82, 2.24) is 10.6 Å². The van der Waals surface area contributed by atoms with E-state index in [0.29, 0.717) is 19.4 Å². The Morgan fingerprint density at radius 1 is 0.652 bits per heavy atom. The standard InChI is InChI=1S/C40H38N2O4/c43-38(44)37(42-39(45)46-28-36-34-24-12-10-22-32(34)33-23-11-13-25-35(33)36)26-14-15-27-41-40(29-16-4-1-5-17-29,30-18-6-2-7-19-30)31-20-8-3-9-21-31/h1-13,16-25,36-37,41H,14-15,26-28H2,(H,42,45)(H,43,44)/t37-/m0/s1. The van der Waals surface area contributed by atoms with Crippen molar-refractivity contribution in [3.8, 4) is 11.1 Å². The second-order valence-corrected chi connectivity index (χ2v) is 11.6. The molecular formula is C40H38N2O4. The maximum atomic E-state index is 12.8. The van der Waals surface area contributed by atoms with Crippen molar-refractivity contribution in [3.63, 3.8) is 0 Å². The summed E-state index contributed by atoms with van der Waals surface area (Å²) in [6, 6.07) is 46.3. The van der Waals surface area contributed by atoms with E-state index in [1.165, 1.54) is 0 Å². The summed E-state index contributed by atoms with van der Waals surface area (Å²) in [5.74, 6) is -1.17. The zero-order chi connectivity index (χ0) is 31.8. The van der Waals surface area contributed by atoms with Gasteiger partial charge in [0.2, 0.25) is 0 Å². The first-order valence-electron chi connectivity index (χ1n) is 15.8. The van der Waals surface area contributed by atoms with Gasteiger partial charge in [0.05, 0.1) is 5.54 Å². The lowest BCUT2D eigenvalue weighted by Gasteiger charge is -2.37. The molecule has 5 aromatic carbocycles. The first-order chi connectivity index (χ1) is 22.6. The molecule has 6 rings (SSSR count). The molecular weight excluding hydrogens is 572 g/mol. The molecule has 0 spiro atoms. The van der Waals surface area contributed by atoms with Crippen LogP contribution in [0.4, 0.5) is 4.79 Å². The maximum absolute atomic E-state index is 12.8. The van der Waals surface area contributed by atoms with Crippen LogP contribution >= 0.6 is 0 Å². The molecule has 6 nitrogen and oxygen atoms in total. The number of carboxylic acid groups (broad SMARTS) is 1. The quantitative estimate of drug-likeness (QED) is 0.0938. The fraction of sp³-hybridized carbons (Fsp3) is 0.200. The summed E-state index contributed by atoms with van der Waals surface area (Å²) < 4.78 is 5.61. The summed E-state index contributed by atoms with van der Waals surface area (Å²) in [4.78, 5) is 24.9. The van der Waals surface area contributed by atoms with Gasteiger partial charge >= 0.3 is 12.1 Å². The number of aliphatic carboxylic acids is 1. The third-order valence-corrected chi connectivity index (χ3v) is 8.86. The van der Waals surface area contributed by atoms with Crippen LogP contribution in [-0.2, 0) is 15.1 Å². The molecule has 0 fully saturated rings. The largest absolute Gasteiger partial charge is 0.480 e. The van der Waals surface area contributed by atoms with E-state index in [-0.39, 0.29) is 18.9 Å². The molecule has 0 unspecified atom stereocenters. The molecule has 232 valence electrons. The van der Waals surface area contributed by atoms with Crippen molar-refractivity contribution < 1.29 is 19.4 Å². The van der Waals surface area contributed by atoms with Gasteiger partial charge in [-0.05, 0) is 64.8 Å². The molecule has 0 aliphatic heterocycles. The Kier molecular flexibility index (Phi) is 9.56. The molecule has 3 N–H and O–H groups in total. The Balaban J connectivity index is 1.08. The number of unbranched alkanes of at least 4 members (excludes halogenated alkanes) is 1. The Morgan fingerprint density at radius 2 is 1.11 bits per heavy atom. The molecule has 1 aliphatic rings. The van der Waals surface area contributed by atoms with Crippen molar-refractivity contribution in [2.24, 2.45) is 0 Å². The van der Waals surface area contributed by atoms with Crippen molar-refractivity contribution in [2.75, 3.05) is 13.2 Å². The van der Waals surface area contributed by atoms with Crippen LogP contribution in [0, 0.1) is 0 Å². The molecule has 0 saturated heterocycles. The highest BCUT2D eigenvalue weighted by atomic mass is 16.5. The second kappa shape index (κ2) is 14.3. The number of rotatable bonds is 13. The zero-order valence-electron chi connectivity index (χ0n) is 25.6. The minimum Gasteiger partial charge on any atom is -0.480 e. The summed E-state index contributed by atoms with van der Waals surface area (Å²) in [5.41, 5.74) is 7.26. The monoisotopic (exact) mass is 610 g/mol. The van der Waals surface area contributed by atoms with Gasteiger partial charge in [-0.15, -0.1) is 0 Å². The third-order valence-electron chi connectivity index (χ3n) is 8.86. The number of amides is 1. The second-order valence-electron chi connectivity index (χ2n) is 11.6. The van der Waals surface area contributed by atoms with E-state index in [2.05, 4.69) is 71.3 Å². The molecule has 0 aromatic heterocycles. The van der Waals surface area contributed by atoms with E-state index in [4.69, 9.17) is 4.74 Å². The Bertz CT molecular complexity index is 1620. The minimum absolute atomic E-state index is 0.0911. The fourth-order valence-electron chi connectivity index (χ4n) is 6.66. The summed E-state index contributed by atoms with van der Waals surface area (Å²) in [7, 11) is 0. The molecule has 0 radical (unpaired) electrons. The Morgan fingerprint density at radius 3 is 1.59 bits per heavy atom. The fourth-order valence-corrected chi connectivity index (χ4v) is 6.66. The molecule has 0 heterocycles. The van der Waals surface area contributed by atoms with E-state index in [9.17, 15) is 14.7 Å². The van der Waals surface area contributed by atoms with Crippen LogP contribution in [0.2, 0.25) is 0 Å². The van der Waals surface area contributed by atoms with Crippen LogP contribution in [0.3, 0.4) is 0 Å². The maximum Gasteiger partial charge on any atom is 0.407 e. The number of alkyl carbamates (subject to hydrolysis) is 1. The van der Waals surface area contributed by atoms with Crippen LogP contribution in [0.5, 0.6) is 0 Å². The number of carbonyl (C=O) groups excluding carboxylic acids is 1. The van der Waals surface area contributed by atoms with Crippen molar-refractivity contribution >= 4 is 12.1 Å². The van der Waals surface area contributed by atoms with Gasteiger partial charge in [-0.25, -0.2) is 9.59 Å². The average Bonchev–Trinajstić information content (AvgIpc) is 3.43.